The largest absolute Gasteiger partial charge is 0.366 e. The lowest BCUT2D eigenvalue weighted by Crippen LogP contribution is -2.10. The van der Waals surface area contributed by atoms with Crippen molar-refractivity contribution < 1.29 is 4.39 Å². The molecule has 0 bridgehead atoms. The third-order valence-electron chi connectivity index (χ3n) is 5.31. The zero-order chi connectivity index (χ0) is 19.1. The molecular formula is C22H20FN5. The number of aryl methyl sites for hydroxylation is 2. The SMILES string of the molecule is Cc1nn2c(NCc3ccncc3)c3c(nc2c1-c1ccc(F)cc1)CCC3. The van der Waals surface area contributed by atoms with Gasteiger partial charge >= 0.3 is 0 Å². The van der Waals surface area contributed by atoms with Crippen molar-refractivity contribution in [3.8, 4) is 11.1 Å². The van der Waals surface area contributed by atoms with Crippen LogP contribution in [0.25, 0.3) is 16.8 Å². The molecule has 0 aliphatic heterocycles. The highest BCUT2D eigenvalue weighted by Gasteiger charge is 2.24. The van der Waals surface area contributed by atoms with Crippen LogP contribution in [0.2, 0.25) is 0 Å². The third kappa shape index (κ3) is 2.81. The second-order valence-electron chi connectivity index (χ2n) is 7.15. The minimum absolute atomic E-state index is 0.244. The Balaban J connectivity index is 1.65. The molecule has 1 aliphatic carbocycles. The first-order valence-electron chi connectivity index (χ1n) is 9.50. The van der Waals surface area contributed by atoms with Crippen LogP contribution in [-0.4, -0.2) is 19.6 Å². The van der Waals surface area contributed by atoms with E-state index in [1.54, 1.807) is 24.5 Å². The molecule has 5 nitrogen and oxygen atoms in total. The zero-order valence-corrected chi connectivity index (χ0v) is 15.6. The number of hydrogen-bond acceptors (Lipinski definition) is 4. The number of benzene rings is 1. The van der Waals surface area contributed by atoms with Crippen LogP contribution in [0.1, 0.15) is 28.9 Å². The summed E-state index contributed by atoms with van der Waals surface area (Å²) in [6, 6.07) is 10.5. The predicted octanol–water partition coefficient (Wildman–Crippen LogP) is 4.34. The topological polar surface area (TPSA) is 55.1 Å². The summed E-state index contributed by atoms with van der Waals surface area (Å²) >= 11 is 0. The van der Waals surface area contributed by atoms with Gasteiger partial charge in [0.05, 0.1) is 5.69 Å². The minimum Gasteiger partial charge on any atom is -0.366 e. The van der Waals surface area contributed by atoms with Gasteiger partial charge in [0.1, 0.15) is 11.6 Å². The van der Waals surface area contributed by atoms with Crippen LogP contribution >= 0.6 is 0 Å². The van der Waals surface area contributed by atoms with Crippen LogP contribution in [0.15, 0.2) is 48.8 Å². The molecule has 1 aliphatic rings. The average Bonchev–Trinajstić information content (AvgIpc) is 3.30. The molecule has 0 fully saturated rings. The van der Waals surface area contributed by atoms with Crippen molar-refractivity contribution in [1.82, 2.24) is 19.6 Å². The summed E-state index contributed by atoms with van der Waals surface area (Å²) in [5.41, 5.74) is 7.13. The quantitative estimate of drug-likeness (QED) is 0.578. The Morgan fingerprint density at radius 2 is 1.86 bits per heavy atom. The summed E-state index contributed by atoms with van der Waals surface area (Å²) in [5.74, 6) is 0.761. The Bertz CT molecular complexity index is 1150. The molecule has 4 aromatic rings. The van der Waals surface area contributed by atoms with Gasteiger partial charge in [0.15, 0.2) is 5.65 Å². The minimum atomic E-state index is -0.244. The number of halogens is 1. The molecule has 0 radical (unpaired) electrons. The van der Waals surface area contributed by atoms with Gasteiger partial charge < -0.3 is 5.32 Å². The lowest BCUT2D eigenvalue weighted by molar-refractivity contribution is 0.628. The number of nitrogens with zero attached hydrogens (tertiary/aromatic N) is 4. The Morgan fingerprint density at radius 1 is 1.07 bits per heavy atom. The number of pyridine rings is 1. The molecule has 3 aromatic heterocycles. The normalized spacial score (nSPS) is 13.1. The number of fused-ring (bicyclic) bond motifs is 2. The van der Waals surface area contributed by atoms with Crippen molar-refractivity contribution in [2.75, 3.05) is 5.32 Å². The van der Waals surface area contributed by atoms with Crippen molar-refractivity contribution in [3.05, 3.63) is 77.1 Å². The summed E-state index contributed by atoms with van der Waals surface area (Å²) in [6.45, 7) is 2.67. The standard InChI is InChI=1S/C22H20FN5/c1-14-20(16-5-7-17(23)8-6-16)22-26-19-4-2-3-18(19)21(28(22)27-14)25-13-15-9-11-24-12-10-15/h5-12,25H,2-4,13H2,1H3. The summed E-state index contributed by atoms with van der Waals surface area (Å²) in [4.78, 5) is 9.03. The Hall–Kier alpha value is -3.28. The molecule has 0 saturated carbocycles. The Morgan fingerprint density at radius 3 is 2.64 bits per heavy atom. The van der Waals surface area contributed by atoms with E-state index in [4.69, 9.17) is 10.1 Å². The third-order valence-corrected chi connectivity index (χ3v) is 5.31. The molecule has 28 heavy (non-hydrogen) atoms. The first kappa shape index (κ1) is 16.9. The van der Waals surface area contributed by atoms with Gasteiger partial charge in [-0.05, 0) is 61.6 Å². The summed E-state index contributed by atoms with van der Waals surface area (Å²) in [7, 11) is 0. The number of aromatic nitrogens is 4. The molecule has 0 spiro atoms. The zero-order valence-electron chi connectivity index (χ0n) is 15.6. The number of rotatable bonds is 4. The number of anilines is 1. The van der Waals surface area contributed by atoms with Gasteiger partial charge in [0, 0.05) is 35.8 Å². The van der Waals surface area contributed by atoms with Gasteiger partial charge in [-0.25, -0.2) is 9.37 Å². The molecule has 0 amide bonds. The van der Waals surface area contributed by atoms with Crippen LogP contribution in [0, 0.1) is 12.7 Å². The van der Waals surface area contributed by atoms with Gasteiger partial charge in [0.2, 0.25) is 0 Å². The van der Waals surface area contributed by atoms with Gasteiger partial charge in [-0.3, -0.25) is 4.98 Å². The summed E-state index contributed by atoms with van der Waals surface area (Å²) in [6.07, 6.45) is 6.68. The van der Waals surface area contributed by atoms with Gasteiger partial charge in [-0.15, -0.1) is 0 Å². The van der Waals surface area contributed by atoms with E-state index < -0.39 is 0 Å². The Labute approximate surface area is 162 Å². The molecule has 0 saturated heterocycles. The fraction of sp³-hybridized carbons (Fsp3) is 0.227. The van der Waals surface area contributed by atoms with Gasteiger partial charge in [0.25, 0.3) is 0 Å². The van der Waals surface area contributed by atoms with Crippen LogP contribution in [0.3, 0.4) is 0 Å². The molecule has 1 N–H and O–H groups in total. The van der Waals surface area contributed by atoms with Crippen molar-refractivity contribution in [1.29, 1.82) is 0 Å². The monoisotopic (exact) mass is 373 g/mol. The van der Waals surface area contributed by atoms with E-state index >= 15 is 0 Å². The van der Waals surface area contributed by atoms with Crippen molar-refractivity contribution >= 4 is 11.5 Å². The van der Waals surface area contributed by atoms with E-state index in [1.807, 2.05) is 23.6 Å². The lowest BCUT2D eigenvalue weighted by Gasteiger charge is -2.13. The fourth-order valence-corrected chi connectivity index (χ4v) is 3.96. The van der Waals surface area contributed by atoms with Gasteiger partial charge in [-0.1, -0.05) is 12.1 Å². The Kier molecular flexibility index (Phi) is 4.04. The number of nitrogens with one attached hydrogen (secondary N) is 1. The molecule has 0 atom stereocenters. The maximum absolute atomic E-state index is 13.4. The van der Waals surface area contributed by atoms with E-state index in [0.717, 1.165) is 58.8 Å². The molecule has 140 valence electrons. The van der Waals surface area contributed by atoms with E-state index in [9.17, 15) is 4.39 Å². The highest BCUT2D eigenvalue weighted by Crippen LogP contribution is 2.34. The lowest BCUT2D eigenvalue weighted by atomic mass is 10.1. The highest BCUT2D eigenvalue weighted by atomic mass is 19.1. The maximum atomic E-state index is 13.4. The van der Waals surface area contributed by atoms with E-state index in [0.29, 0.717) is 6.54 Å². The first-order chi connectivity index (χ1) is 13.7. The molecule has 5 rings (SSSR count). The molecular weight excluding hydrogens is 353 g/mol. The fourth-order valence-electron chi connectivity index (χ4n) is 3.96. The molecule has 1 aromatic carbocycles. The molecule has 6 heteroatoms. The van der Waals surface area contributed by atoms with Crippen LogP contribution < -0.4 is 5.32 Å². The van der Waals surface area contributed by atoms with Crippen molar-refractivity contribution in [2.24, 2.45) is 0 Å². The molecule has 0 unspecified atom stereocenters. The number of hydrogen-bond donors (Lipinski definition) is 1. The average molecular weight is 373 g/mol. The van der Waals surface area contributed by atoms with Crippen LogP contribution in [0.5, 0.6) is 0 Å². The van der Waals surface area contributed by atoms with E-state index in [2.05, 4.69) is 10.3 Å². The summed E-state index contributed by atoms with van der Waals surface area (Å²) in [5, 5.41) is 8.37. The maximum Gasteiger partial charge on any atom is 0.165 e. The first-order valence-corrected chi connectivity index (χ1v) is 9.50. The van der Waals surface area contributed by atoms with Crippen LogP contribution in [0.4, 0.5) is 10.2 Å². The second-order valence-corrected chi connectivity index (χ2v) is 7.15. The second kappa shape index (κ2) is 6.71. The predicted molar refractivity (Wildman–Crippen MR) is 107 cm³/mol. The van der Waals surface area contributed by atoms with Crippen molar-refractivity contribution in [2.45, 2.75) is 32.7 Å². The summed E-state index contributed by atoms with van der Waals surface area (Å²) < 4.78 is 15.3. The highest BCUT2D eigenvalue weighted by molar-refractivity contribution is 5.81. The molecule has 3 heterocycles. The van der Waals surface area contributed by atoms with Crippen molar-refractivity contribution in [3.63, 3.8) is 0 Å². The van der Waals surface area contributed by atoms with E-state index in [1.165, 1.54) is 17.7 Å². The smallest absolute Gasteiger partial charge is 0.165 e. The van der Waals surface area contributed by atoms with Crippen LogP contribution in [-0.2, 0) is 19.4 Å². The van der Waals surface area contributed by atoms with E-state index in [-0.39, 0.29) is 5.82 Å². The van der Waals surface area contributed by atoms with Gasteiger partial charge in [-0.2, -0.15) is 9.61 Å².